The Morgan fingerprint density at radius 3 is 2.52 bits per heavy atom. The van der Waals surface area contributed by atoms with Gasteiger partial charge in [0.05, 0.1) is 0 Å². The van der Waals surface area contributed by atoms with Gasteiger partial charge in [0, 0.05) is 21.5 Å². The summed E-state index contributed by atoms with van der Waals surface area (Å²) in [7, 11) is 0. The molecule has 2 aromatic rings. The molecular weight excluding hydrogens is 333 g/mol. The molecule has 0 bridgehead atoms. The molecule has 1 aliphatic carbocycles. The summed E-state index contributed by atoms with van der Waals surface area (Å²) in [6, 6.07) is 4.61. The molecule has 3 rings (SSSR count). The predicted molar refractivity (Wildman–Crippen MR) is 86.7 cm³/mol. The van der Waals surface area contributed by atoms with Crippen molar-refractivity contribution >= 4 is 21.7 Å². The Hall–Kier alpha value is -1.36. The van der Waals surface area contributed by atoms with Gasteiger partial charge in [-0.3, -0.25) is 0 Å². The number of anilines is 1. The molecule has 1 saturated carbocycles. The fourth-order valence-electron chi connectivity index (χ4n) is 2.65. The van der Waals surface area contributed by atoms with Crippen LogP contribution in [0.1, 0.15) is 45.4 Å². The fraction of sp³-hybridized carbons (Fsp3) is 0.438. The Labute approximate surface area is 132 Å². The number of rotatable bonds is 2. The largest absolute Gasteiger partial charge is 0.383 e. The Kier molecular flexibility index (Phi) is 3.35. The van der Waals surface area contributed by atoms with E-state index in [4.69, 9.17) is 10.7 Å². The van der Waals surface area contributed by atoms with Gasteiger partial charge in [0.25, 0.3) is 0 Å². The second-order valence-corrected chi connectivity index (χ2v) is 7.46. The monoisotopic (exact) mass is 351 g/mol. The van der Waals surface area contributed by atoms with Crippen LogP contribution >= 0.6 is 15.9 Å². The minimum atomic E-state index is -0.276. The molecule has 0 atom stereocenters. The molecule has 2 N–H and O–H groups in total. The van der Waals surface area contributed by atoms with Gasteiger partial charge in [-0.2, -0.15) is 0 Å². The smallest absolute Gasteiger partial charge is 0.132 e. The van der Waals surface area contributed by atoms with Crippen molar-refractivity contribution in [3.05, 3.63) is 34.3 Å². The van der Waals surface area contributed by atoms with E-state index in [2.05, 4.69) is 41.3 Å². The number of hydrogen-bond donors (Lipinski definition) is 1. The molecule has 1 aromatic carbocycles. The summed E-state index contributed by atoms with van der Waals surface area (Å²) in [5.41, 5.74) is 7.82. The van der Waals surface area contributed by atoms with E-state index in [-0.39, 0.29) is 11.4 Å². The Morgan fingerprint density at radius 1 is 1.33 bits per heavy atom. The summed E-state index contributed by atoms with van der Waals surface area (Å²) in [5, 5.41) is 0. The topological polar surface area (TPSA) is 43.8 Å². The van der Waals surface area contributed by atoms with Gasteiger partial charge in [-0.05, 0) is 67.7 Å². The Morgan fingerprint density at radius 2 is 2.00 bits per heavy atom. The Balaban J connectivity index is 2.20. The van der Waals surface area contributed by atoms with Crippen LogP contribution in [0.3, 0.4) is 0 Å². The summed E-state index contributed by atoms with van der Waals surface area (Å²) < 4.78 is 16.1. The van der Waals surface area contributed by atoms with Crippen molar-refractivity contribution in [2.75, 3.05) is 5.73 Å². The highest BCUT2D eigenvalue weighted by atomic mass is 79.9. The van der Waals surface area contributed by atoms with Crippen molar-refractivity contribution in [3.8, 4) is 11.3 Å². The van der Waals surface area contributed by atoms with E-state index < -0.39 is 0 Å². The summed E-state index contributed by atoms with van der Waals surface area (Å²) in [4.78, 5) is 4.78. The lowest BCUT2D eigenvalue weighted by molar-refractivity contribution is 0.388. The molecular formula is C16H19BrFN3. The first-order chi connectivity index (χ1) is 9.79. The van der Waals surface area contributed by atoms with E-state index in [1.807, 2.05) is 0 Å². The second kappa shape index (κ2) is 4.83. The van der Waals surface area contributed by atoms with Gasteiger partial charge in [-0.15, -0.1) is 0 Å². The van der Waals surface area contributed by atoms with Crippen LogP contribution in [-0.4, -0.2) is 9.55 Å². The van der Waals surface area contributed by atoms with Crippen molar-refractivity contribution in [2.24, 2.45) is 0 Å². The zero-order valence-corrected chi connectivity index (χ0v) is 14.0. The number of nitrogens with zero attached hydrogens (tertiary/aromatic N) is 2. The molecule has 0 spiro atoms. The van der Waals surface area contributed by atoms with Crippen LogP contribution in [0.2, 0.25) is 0 Å². The highest BCUT2D eigenvalue weighted by molar-refractivity contribution is 9.10. The molecule has 0 unspecified atom stereocenters. The van der Waals surface area contributed by atoms with Crippen LogP contribution in [0.4, 0.5) is 10.2 Å². The summed E-state index contributed by atoms with van der Waals surface area (Å²) >= 11 is 3.41. The average molecular weight is 352 g/mol. The quantitative estimate of drug-likeness (QED) is 0.854. The van der Waals surface area contributed by atoms with Crippen molar-refractivity contribution in [2.45, 2.75) is 45.1 Å². The van der Waals surface area contributed by atoms with Crippen LogP contribution in [-0.2, 0) is 5.54 Å². The zero-order chi connectivity index (χ0) is 15.4. The van der Waals surface area contributed by atoms with Gasteiger partial charge in [-0.25, -0.2) is 9.37 Å². The normalized spacial score (nSPS) is 15.5. The number of halogens is 2. The molecule has 112 valence electrons. The van der Waals surface area contributed by atoms with Crippen LogP contribution in [0, 0.1) is 5.82 Å². The standard InChI is InChI=1S/C16H19BrFN3/c1-16(2,3)21-14(19)13(20-15(21)9-4-5-9)11-7-6-10(18)8-12(11)17/h6-9H,4-5,19H2,1-3H3. The van der Waals surface area contributed by atoms with Gasteiger partial charge in [0.15, 0.2) is 0 Å². The number of nitrogen functional groups attached to an aromatic ring is 1. The molecule has 1 heterocycles. The second-order valence-electron chi connectivity index (χ2n) is 6.61. The third-order valence-corrected chi connectivity index (χ3v) is 4.39. The maximum Gasteiger partial charge on any atom is 0.132 e. The van der Waals surface area contributed by atoms with E-state index in [0.29, 0.717) is 16.2 Å². The molecule has 0 aliphatic heterocycles. The van der Waals surface area contributed by atoms with Crippen molar-refractivity contribution in [1.82, 2.24) is 9.55 Å². The zero-order valence-electron chi connectivity index (χ0n) is 12.5. The number of imidazole rings is 1. The van der Waals surface area contributed by atoms with E-state index >= 15 is 0 Å². The third kappa shape index (κ3) is 2.59. The lowest BCUT2D eigenvalue weighted by atomic mass is 10.1. The number of hydrogen-bond acceptors (Lipinski definition) is 2. The molecule has 5 heteroatoms. The summed E-state index contributed by atoms with van der Waals surface area (Å²) in [6.45, 7) is 6.38. The molecule has 21 heavy (non-hydrogen) atoms. The lowest BCUT2D eigenvalue weighted by Gasteiger charge is -2.25. The van der Waals surface area contributed by atoms with Gasteiger partial charge < -0.3 is 10.3 Å². The first kappa shape index (κ1) is 14.6. The molecule has 0 saturated heterocycles. The van der Waals surface area contributed by atoms with E-state index in [0.717, 1.165) is 29.9 Å². The number of benzene rings is 1. The third-order valence-electron chi connectivity index (χ3n) is 3.74. The van der Waals surface area contributed by atoms with Crippen molar-refractivity contribution < 1.29 is 4.39 Å². The Bertz CT molecular complexity index is 696. The SMILES string of the molecule is CC(C)(C)n1c(C2CC2)nc(-c2ccc(F)cc2Br)c1N. The van der Waals surface area contributed by atoms with Crippen LogP contribution < -0.4 is 5.73 Å². The van der Waals surface area contributed by atoms with Crippen molar-refractivity contribution in [1.29, 1.82) is 0 Å². The number of aromatic nitrogens is 2. The van der Waals surface area contributed by atoms with Crippen LogP contribution in [0.15, 0.2) is 22.7 Å². The highest BCUT2D eigenvalue weighted by Gasteiger charge is 2.34. The van der Waals surface area contributed by atoms with Crippen LogP contribution in [0.5, 0.6) is 0 Å². The minimum Gasteiger partial charge on any atom is -0.383 e. The maximum atomic E-state index is 13.3. The first-order valence-corrected chi connectivity index (χ1v) is 7.92. The van der Waals surface area contributed by atoms with E-state index in [1.54, 1.807) is 6.07 Å². The molecule has 3 nitrogen and oxygen atoms in total. The van der Waals surface area contributed by atoms with Crippen LogP contribution in [0.25, 0.3) is 11.3 Å². The highest BCUT2D eigenvalue weighted by Crippen LogP contribution is 2.45. The molecule has 1 fully saturated rings. The average Bonchev–Trinajstić information content (AvgIpc) is 3.13. The first-order valence-electron chi connectivity index (χ1n) is 7.13. The van der Waals surface area contributed by atoms with Gasteiger partial charge in [-0.1, -0.05) is 0 Å². The minimum absolute atomic E-state index is 0.125. The van der Waals surface area contributed by atoms with E-state index in [1.165, 1.54) is 12.1 Å². The fourth-order valence-corrected chi connectivity index (χ4v) is 3.19. The van der Waals surface area contributed by atoms with Gasteiger partial charge in [0.2, 0.25) is 0 Å². The van der Waals surface area contributed by atoms with Gasteiger partial charge >= 0.3 is 0 Å². The molecule has 0 amide bonds. The molecule has 1 aliphatic rings. The molecule has 0 radical (unpaired) electrons. The number of nitrogens with two attached hydrogens (primary N) is 1. The molecule has 1 aromatic heterocycles. The van der Waals surface area contributed by atoms with Gasteiger partial charge in [0.1, 0.15) is 23.2 Å². The predicted octanol–water partition coefficient (Wildman–Crippen LogP) is 4.67. The summed E-state index contributed by atoms with van der Waals surface area (Å²) in [5.74, 6) is 1.92. The van der Waals surface area contributed by atoms with Crippen molar-refractivity contribution in [3.63, 3.8) is 0 Å². The maximum absolute atomic E-state index is 13.3. The summed E-state index contributed by atoms with van der Waals surface area (Å²) in [6.07, 6.45) is 2.33. The lowest BCUT2D eigenvalue weighted by Crippen LogP contribution is -2.25. The van der Waals surface area contributed by atoms with E-state index in [9.17, 15) is 4.39 Å².